The lowest BCUT2D eigenvalue weighted by Crippen LogP contribution is -2.33. The maximum atomic E-state index is 11.7. The Kier molecular flexibility index (Phi) is 4.98. The molecule has 0 atom stereocenters. The number of anilines is 2. The summed E-state index contributed by atoms with van der Waals surface area (Å²) in [5.41, 5.74) is 6.79. The molecule has 6 heteroatoms. The van der Waals surface area contributed by atoms with Crippen molar-refractivity contribution in [2.24, 2.45) is 0 Å². The first-order chi connectivity index (χ1) is 8.52. The highest BCUT2D eigenvalue weighted by molar-refractivity contribution is 5.89. The van der Waals surface area contributed by atoms with Crippen LogP contribution < -0.4 is 11.1 Å². The van der Waals surface area contributed by atoms with Crippen molar-refractivity contribution < 1.29 is 14.3 Å². The van der Waals surface area contributed by atoms with Gasteiger partial charge in [0.2, 0.25) is 0 Å². The number of hydrogen-bond donors (Lipinski definition) is 2. The lowest BCUT2D eigenvalue weighted by atomic mass is 10.3. The third-order valence-corrected chi connectivity index (χ3v) is 2.36. The van der Waals surface area contributed by atoms with Gasteiger partial charge in [0.1, 0.15) is 0 Å². The van der Waals surface area contributed by atoms with Gasteiger partial charge in [-0.25, -0.2) is 4.79 Å². The number of rotatable bonds is 4. The summed E-state index contributed by atoms with van der Waals surface area (Å²) in [4.78, 5) is 24.1. The second kappa shape index (κ2) is 6.48. The molecule has 0 fully saturated rings. The van der Waals surface area contributed by atoms with Gasteiger partial charge >= 0.3 is 12.0 Å². The number of methoxy groups -OCH3 is 1. The number of hydrogen-bond acceptors (Lipinski definition) is 4. The molecule has 98 valence electrons. The molecule has 18 heavy (non-hydrogen) atoms. The molecular weight excluding hydrogens is 234 g/mol. The molecular formula is C12H17N3O3. The monoisotopic (exact) mass is 251 g/mol. The molecule has 1 aromatic rings. The first-order valence-electron chi connectivity index (χ1n) is 5.47. The summed E-state index contributed by atoms with van der Waals surface area (Å²) < 4.78 is 4.50. The zero-order chi connectivity index (χ0) is 13.5. The fourth-order valence-corrected chi connectivity index (χ4v) is 1.30. The summed E-state index contributed by atoms with van der Waals surface area (Å²) in [6.45, 7) is 0.292. The highest BCUT2D eigenvalue weighted by Crippen LogP contribution is 2.12. The number of nitrogens with two attached hydrogens (primary N) is 1. The summed E-state index contributed by atoms with van der Waals surface area (Å²) in [6.07, 6.45) is 0.164. The normalized spacial score (nSPS) is 9.67. The summed E-state index contributed by atoms with van der Waals surface area (Å²) in [5, 5.41) is 2.68. The van der Waals surface area contributed by atoms with E-state index in [0.29, 0.717) is 17.9 Å². The average molecular weight is 251 g/mol. The number of benzene rings is 1. The zero-order valence-electron chi connectivity index (χ0n) is 10.5. The zero-order valence-corrected chi connectivity index (χ0v) is 10.5. The van der Waals surface area contributed by atoms with Crippen LogP contribution in [0.15, 0.2) is 24.3 Å². The average Bonchev–Trinajstić information content (AvgIpc) is 2.35. The van der Waals surface area contributed by atoms with E-state index >= 15 is 0 Å². The van der Waals surface area contributed by atoms with Crippen LogP contribution in [0, 0.1) is 0 Å². The minimum atomic E-state index is -0.349. The molecule has 3 N–H and O–H groups in total. The molecule has 0 unspecified atom stereocenters. The van der Waals surface area contributed by atoms with Crippen LogP contribution in [0.25, 0.3) is 0 Å². The van der Waals surface area contributed by atoms with E-state index in [0.717, 1.165) is 0 Å². The van der Waals surface area contributed by atoms with Crippen LogP contribution in [-0.2, 0) is 9.53 Å². The molecule has 0 heterocycles. The van der Waals surface area contributed by atoms with Gasteiger partial charge in [0, 0.05) is 25.0 Å². The van der Waals surface area contributed by atoms with Crippen LogP contribution in [0.1, 0.15) is 6.42 Å². The van der Waals surface area contributed by atoms with Crippen molar-refractivity contribution in [3.05, 3.63) is 24.3 Å². The van der Waals surface area contributed by atoms with Crippen molar-refractivity contribution in [2.75, 3.05) is 31.8 Å². The molecule has 2 amide bonds. The molecule has 0 aliphatic heterocycles. The van der Waals surface area contributed by atoms with Gasteiger partial charge in [-0.15, -0.1) is 0 Å². The summed E-state index contributed by atoms with van der Waals surface area (Å²) in [5.74, 6) is -0.349. The second-order valence-corrected chi connectivity index (χ2v) is 3.80. The number of amides is 2. The Hall–Kier alpha value is -2.24. The van der Waals surface area contributed by atoms with Crippen LogP contribution in [0.3, 0.4) is 0 Å². The van der Waals surface area contributed by atoms with E-state index < -0.39 is 0 Å². The first-order valence-corrected chi connectivity index (χ1v) is 5.47. The molecule has 1 aromatic carbocycles. The number of nitrogen functional groups attached to an aromatic ring is 1. The molecule has 6 nitrogen and oxygen atoms in total. The maximum absolute atomic E-state index is 11.7. The minimum absolute atomic E-state index is 0.164. The lowest BCUT2D eigenvalue weighted by molar-refractivity contribution is -0.140. The quantitative estimate of drug-likeness (QED) is 0.624. The lowest BCUT2D eigenvalue weighted by Gasteiger charge is -2.17. The predicted octanol–water partition coefficient (Wildman–Crippen LogP) is 1.30. The highest BCUT2D eigenvalue weighted by Gasteiger charge is 2.10. The van der Waals surface area contributed by atoms with Crippen molar-refractivity contribution in [3.63, 3.8) is 0 Å². The van der Waals surface area contributed by atoms with Crippen molar-refractivity contribution >= 4 is 23.4 Å². The fourth-order valence-electron chi connectivity index (χ4n) is 1.30. The Balaban J connectivity index is 2.47. The van der Waals surface area contributed by atoms with Gasteiger partial charge in [-0.1, -0.05) is 6.07 Å². The van der Waals surface area contributed by atoms with E-state index in [1.54, 1.807) is 31.3 Å². The third kappa shape index (κ3) is 4.32. The number of carbonyl (C=O) groups is 2. The molecule has 0 saturated carbocycles. The van der Waals surface area contributed by atoms with E-state index in [2.05, 4.69) is 10.1 Å². The summed E-state index contributed by atoms with van der Waals surface area (Å²) >= 11 is 0. The van der Waals surface area contributed by atoms with Gasteiger partial charge in [-0.3, -0.25) is 4.79 Å². The Labute approximate surface area is 106 Å². The fraction of sp³-hybridized carbons (Fsp3) is 0.333. The number of carbonyl (C=O) groups excluding carboxylic acids is 2. The Morgan fingerprint density at radius 3 is 2.78 bits per heavy atom. The summed E-state index contributed by atoms with van der Waals surface area (Å²) in [6, 6.07) is 6.58. The predicted molar refractivity (Wildman–Crippen MR) is 69.1 cm³/mol. The number of nitrogens with one attached hydrogen (secondary N) is 1. The van der Waals surface area contributed by atoms with Crippen LogP contribution in [0.2, 0.25) is 0 Å². The van der Waals surface area contributed by atoms with Crippen LogP contribution in [0.5, 0.6) is 0 Å². The van der Waals surface area contributed by atoms with Crippen molar-refractivity contribution in [1.29, 1.82) is 0 Å². The number of ether oxygens (including phenoxy) is 1. The second-order valence-electron chi connectivity index (χ2n) is 3.80. The van der Waals surface area contributed by atoms with Gasteiger partial charge in [-0.05, 0) is 18.2 Å². The Morgan fingerprint density at radius 2 is 2.17 bits per heavy atom. The van der Waals surface area contributed by atoms with Crippen LogP contribution >= 0.6 is 0 Å². The largest absolute Gasteiger partial charge is 0.469 e. The number of nitrogens with zero attached hydrogens (tertiary/aromatic N) is 1. The van der Waals surface area contributed by atoms with E-state index in [9.17, 15) is 9.59 Å². The first kappa shape index (κ1) is 13.8. The van der Waals surface area contributed by atoms with Gasteiger partial charge in [0.05, 0.1) is 13.5 Å². The van der Waals surface area contributed by atoms with Crippen molar-refractivity contribution in [1.82, 2.24) is 4.90 Å². The van der Waals surface area contributed by atoms with Crippen molar-refractivity contribution in [3.8, 4) is 0 Å². The summed E-state index contributed by atoms with van der Waals surface area (Å²) in [7, 11) is 2.92. The smallest absolute Gasteiger partial charge is 0.321 e. The Bertz CT molecular complexity index is 434. The Morgan fingerprint density at radius 1 is 1.44 bits per heavy atom. The topological polar surface area (TPSA) is 84.7 Å². The highest BCUT2D eigenvalue weighted by atomic mass is 16.5. The van der Waals surface area contributed by atoms with Crippen molar-refractivity contribution in [2.45, 2.75) is 6.42 Å². The van der Waals surface area contributed by atoms with Crippen LogP contribution in [-0.4, -0.2) is 37.6 Å². The minimum Gasteiger partial charge on any atom is -0.469 e. The van der Waals surface area contributed by atoms with E-state index in [4.69, 9.17) is 5.73 Å². The standard InChI is InChI=1S/C12H17N3O3/c1-15(7-6-11(16)18-2)12(17)14-10-5-3-4-9(13)8-10/h3-5,8H,6-7,13H2,1-2H3,(H,14,17). The molecule has 0 spiro atoms. The van der Waals surface area contributed by atoms with Gasteiger partial charge in [0.15, 0.2) is 0 Å². The number of urea groups is 1. The molecule has 0 saturated heterocycles. The SMILES string of the molecule is COC(=O)CCN(C)C(=O)Nc1cccc(N)c1. The van der Waals surface area contributed by atoms with Crippen LogP contribution in [0.4, 0.5) is 16.2 Å². The maximum Gasteiger partial charge on any atom is 0.321 e. The molecule has 1 rings (SSSR count). The van der Waals surface area contributed by atoms with E-state index in [1.165, 1.54) is 12.0 Å². The molecule has 0 bridgehead atoms. The van der Waals surface area contributed by atoms with E-state index in [1.807, 2.05) is 0 Å². The molecule has 0 aliphatic rings. The molecule has 0 aromatic heterocycles. The van der Waals surface area contributed by atoms with Gasteiger partial charge < -0.3 is 20.7 Å². The van der Waals surface area contributed by atoms with Gasteiger partial charge in [-0.2, -0.15) is 0 Å². The molecule has 0 radical (unpaired) electrons. The molecule has 0 aliphatic carbocycles. The number of esters is 1. The third-order valence-electron chi connectivity index (χ3n) is 2.36. The van der Waals surface area contributed by atoms with E-state index in [-0.39, 0.29) is 18.4 Å². The van der Waals surface area contributed by atoms with Gasteiger partial charge in [0.25, 0.3) is 0 Å².